The second-order valence-corrected chi connectivity index (χ2v) is 5.28. The molecule has 19 heavy (non-hydrogen) atoms. The second kappa shape index (κ2) is 6.17. The molecule has 4 heteroatoms. The zero-order valence-corrected chi connectivity index (χ0v) is 11.6. The number of ether oxygens (including phenoxy) is 1. The summed E-state index contributed by atoms with van der Waals surface area (Å²) in [7, 11) is 1.83. The van der Waals surface area contributed by atoms with Gasteiger partial charge >= 0.3 is 0 Å². The smallest absolute Gasteiger partial charge is 0.252 e. The van der Waals surface area contributed by atoms with Gasteiger partial charge in [-0.25, -0.2) is 0 Å². The SMILES string of the molecule is CC1CCOC1C(=O)N(C)Cc1cccc(CN)c1. The maximum atomic E-state index is 12.3. The first-order valence-electron chi connectivity index (χ1n) is 6.76. The number of rotatable bonds is 4. The lowest BCUT2D eigenvalue weighted by Crippen LogP contribution is -2.38. The molecule has 0 aromatic heterocycles. The maximum Gasteiger partial charge on any atom is 0.252 e. The van der Waals surface area contributed by atoms with E-state index in [2.05, 4.69) is 6.92 Å². The van der Waals surface area contributed by atoms with E-state index >= 15 is 0 Å². The lowest BCUT2D eigenvalue weighted by atomic mass is 10.0. The molecule has 104 valence electrons. The van der Waals surface area contributed by atoms with E-state index < -0.39 is 0 Å². The average Bonchev–Trinajstić information content (AvgIpc) is 2.84. The molecule has 1 aromatic rings. The van der Waals surface area contributed by atoms with Crippen LogP contribution in [0.3, 0.4) is 0 Å². The molecule has 0 bridgehead atoms. The Morgan fingerprint density at radius 1 is 1.47 bits per heavy atom. The number of likely N-dealkylation sites (N-methyl/N-ethyl adjacent to an activating group) is 1. The fraction of sp³-hybridized carbons (Fsp3) is 0.533. The van der Waals surface area contributed by atoms with E-state index in [0.717, 1.165) is 17.5 Å². The van der Waals surface area contributed by atoms with Crippen molar-refractivity contribution < 1.29 is 9.53 Å². The minimum atomic E-state index is -0.275. The third-order valence-corrected chi connectivity index (χ3v) is 3.65. The van der Waals surface area contributed by atoms with Crippen molar-refractivity contribution in [3.8, 4) is 0 Å². The number of hydrogen-bond acceptors (Lipinski definition) is 3. The molecule has 0 aliphatic carbocycles. The zero-order valence-electron chi connectivity index (χ0n) is 11.6. The molecule has 2 atom stereocenters. The molecule has 1 aromatic carbocycles. The fourth-order valence-corrected chi connectivity index (χ4v) is 2.44. The molecule has 1 amide bonds. The molecule has 0 spiro atoms. The molecule has 1 aliphatic heterocycles. The summed E-state index contributed by atoms with van der Waals surface area (Å²) in [6.45, 7) is 3.88. The Balaban J connectivity index is 1.99. The summed E-state index contributed by atoms with van der Waals surface area (Å²) in [5.74, 6) is 0.383. The van der Waals surface area contributed by atoms with Gasteiger partial charge in [0.25, 0.3) is 5.91 Å². The van der Waals surface area contributed by atoms with Crippen LogP contribution in [0.25, 0.3) is 0 Å². The first-order valence-corrected chi connectivity index (χ1v) is 6.76. The number of carbonyl (C=O) groups excluding carboxylic acids is 1. The third-order valence-electron chi connectivity index (χ3n) is 3.65. The Hall–Kier alpha value is -1.39. The van der Waals surface area contributed by atoms with Crippen LogP contribution in [-0.2, 0) is 22.6 Å². The van der Waals surface area contributed by atoms with Crippen molar-refractivity contribution in [1.29, 1.82) is 0 Å². The summed E-state index contributed by atoms with van der Waals surface area (Å²) in [6.07, 6.45) is 0.690. The van der Waals surface area contributed by atoms with Crippen LogP contribution >= 0.6 is 0 Å². The minimum Gasteiger partial charge on any atom is -0.368 e. The molecule has 1 aliphatic rings. The van der Waals surface area contributed by atoms with Crippen molar-refractivity contribution in [1.82, 2.24) is 4.90 Å². The summed E-state index contributed by atoms with van der Waals surface area (Å²) in [5.41, 5.74) is 7.81. The van der Waals surface area contributed by atoms with Crippen LogP contribution in [0, 0.1) is 5.92 Å². The van der Waals surface area contributed by atoms with Crippen LogP contribution < -0.4 is 5.73 Å². The van der Waals surface area contributed by atoms with Gasteiger partial charge in [-0.2, -0.15) is 0 Å². The van der Waals surface area contributed by atoms with Crippen LogP contribution in [0.1, 0.15) is 24.5 Å². The number of nitrogens with two attached hydrogens (primary N) is 1. The van der Waals surface area contributed by atoms with E-state index in [0.29, 0.717) is 25.6 Å². The van der Waals surface area contributed by atoms with Gasteiger partial charge in [0, 0.05) is 26.7 Å². The summed E-state index contributed by atoms with van der Waals surface area (Å²) in [4.78, 5) is 14.0. The highest BCUT2D eigenvalue weighted by molar-refractivity contribution is 5.81. The van der Waals surface area contributed by atoms with Crippen molar-refractivity contribution in [3.05, 3.63) is 35.4 Å². The van der Waals surface area contributed by atoms with Crippen LogP contribution in [0.4, 0.5) is 0 Å². The quantitative estimate of drug-likeness (QED) is 0.895. The molecular formula is C15H22N2O2. The monoisotopic (exact) mass is 262 g/mol. The fourth-order valence-electron chi connectivity index (χ4n) is 2.44. The predicted octanol–water partition coefficient (Wildman–Crippen LogP) is 1.53. The zero-order chi connectivity index (χ0) is 13.8. The van der Waals surface area contributed by atoms with Gasteiger partial charge in [0.15, 0.2) is 0 Å². The Bertz CT molecular complexity index is 448. The standard InChI is InChI=1S/C15H22N2O2/c1-11-6-7-19-14(11)15(18)17(2)10-13-5-3-4-12(8-13)9-16/h3-5,8,11,14H,6-7,9-10,16H2,1-2H3. The first-order chi connectivity index (χ1) is 9.11. The predicted molar refractivity (Wildman–Crippen MR) is 74.3 cm³/mol. The number of carbonyl (C=O) groups is 1. The highest BCUT2D eigenvalue weighted by Gasteiger charge is 2.32. The molecule has 4 nitrogen and oxygen atoms in total. The Kier molecular flexibility index (Phi) is 4.56. The second-order valence-electron chi connectivity index (χ2n) is 5.28. The molecule has 0 saturated carbocycles. The Morgan fingerprint density at radius 3 is 2.84 bits per heavy atom. The Labute approximate surface area is 114 Å². The van der Waals surface area contributed by atoms with Gasteiger partial charge in [-0.15, -0.1) is 0 Å². The van der Waals surface area contributed by atoms with E-state index in [1.807, 2.05) is 31.3 Å². The van der Waals surface area contributed by atoms with E-state index in [4.69, 9.17) is 10.5 Å². The Morgan fingerprint density at radius 2 is 2.21 bits per heavy atom. The largest absolute Gasteiger partial charge is 0.368 e. The summed E-state index contributed by atoms with van der Waals surface area (Å²) >= 11 is 0. The maximum absolute atomic E-state index is 12.3. The summed E-state index contributed by atoms with van der Waals surface area (Å²) < 4.78 is 5.52. The summed E-state index contributed by atoms with van der Waals surface area (Å²) in [5, 5.41) is 0. The van der Waals surface area contributed by atoms with Crippen molar-refractivity contribution in [2.75, 3.05) is 13.7 Å². The number of amides is 1. The average molecular weight is 262 g/mol. The van der Waals surface area contributed by atoms with E-state index in [1.165, 1.54) is 0 Å². The normalized spacial score (nSPS) is 22.5. The highest BCUT2D eigenvalue weighted by atomic mass is 16.5. The molecule has 0 radical (unpaired) electrons. The van der Waals surface area contributed by atoms with Crippen molar-refractivity contribution in [2.45, 2.75) is 32.5 Å². The number of benzene rings is 1. The molecular weight excluding hydrogens is 240 g/mol. The van der Waals surface area contributed by atoms with Crippen LogP contribution in [-0.4, -0.2) is 30.6 Å². The molecule has 2 rings (SSSR count). The van der Waals surface area contributed by atoms with Crippen LogP contribution in [0.2, 0.25) is 0 Å². The molecule has 1 saturated heterocycles. The summed E-state index contributed by atoms with van der Waals surface area (Å²) in [6, 6.07) is 8.03. The highest BCUT2D eigenvalue weighted by Crippen LogP contribution is 2.22. The first kappa shape index (κ1) is 14.0. The third kappa shape index (κ3) is 3.33. The van der Waals surface area contributed by atoms with Crippen molar-refractivity contribution in [3.63, 3.8) is 0 Å². The van der Waals surface area contributed by atoms with E-state index in [-0.39, 0.29) is 12.0 Å². The van der Waals surface area contributed by atoms with E-state index in [1.54, 1.807) is 4.90 Å². The molecule has 2 unspecified atom stereocenters. The van der Waals surface area contributed by atoms with Crippen LogP contribution in [0.5, 0.6) is 0 Å². The lowest BCUT2D eigenvalue weighted by molar-refractivity contribution is -0.141. The van der Waals surface area contributed by atoms with Gasteiger partial charge in [0.2, 0.25) is 0 Å². The molecule has 2 N–H and O–H groups in total. The van der Waals surface area contributed by atoms with E-state index in [9.17, 15) is 4.79 Å². The van der Waals surface area contributed by atoms with Crippen molar-refractivity contribution in [2.24, 2.45) is 11.7 Å². The lowest BCUT2D eigenvalue weighted by Gasteiger charge is -2.23. The van der Waals surface area contributed by atoms with Crippen molar-refractivity contribution >= 4 is 5.91 Å². The van der Waals surface area contributed by atoms with Gasteiger partial charge < -0.3 is 15.4 Å². The number of hydrogen-bond donors (Lipinski definition) is 1. The van der Waals surface area contributed by atoms with Gasteiger partial charge in [0.05, 0.1) is 0 Å². The molecule has 1 fully saturated rings. The van der Waals surface area contributed by atoms with Gasteiger partial charge in [-0.3, -0.25) is 4.79 Å². The minimum absolute atomic E-state index is 0.0724. The number of nitrogens with zero attached hydrogens (tertiary/aromatic N) is 1. The van der Waals surface area contributed by atoms with Gasteiger partial charge in [-0.05, 0) is 23.5 Å². The van der Waals surface area contributed by atoms with Gasteiger partial charge in [-0.1, -0.05) is 31.2 Å². The van der Waals surface area contributed by atoms with Gasteiger partial charge in [0.1, 0.15) is 6.10 Å². The molecule has 1 heterocycles. The van der Waals surface area contributed by atoms with Crippen LogP contribution in [0.15, 0.2) is 24.3 Å². The topological polar surface area (TPSA) is 55.6 Å².